The van der Waals surface area contributed by atoms with E-state index in [-0.39, 0.29) is 5.91 Å². The van der Waals surface area contributed by atoms with Gasteiger partial charge in [-0.2, -0.15) is 0 Å². The average molecular weight is 392 g/mol. The van der Waals surface area contributed by atoms with E-state index >= 15 is 0 Å². The van der Waals surface area contributed by atoms with Crippen molar-refractivity contribution in [2.24, 2.45) is 0 Å². The molecule has 5 heteroatoms. The molecule has 0 spiro atoms. The lowest BCUT2D eigenvalue weighted by atomic mass is 10.1. The summed E-state index contributed by atoms with van der Waals surface area (Å²) < 4.78 is 0. The summed E-state index contributed by atoms with van der Waals surface area (Å²) in [4.78, 5) is 14.2. The summed E-state index contributed by atoms with van der Waals surface area (Å²) in [5.41, 5.74) is 4.95. The van der Waals surface area contributed by atoms with Crippen LogP contribution in [0, 0.1) is 0 Å². The van der Waals surface area contributed by atoms with E-state index in [9.17, 15) is 4.79 Å². The van der Waals surface area contributed by atoms with E-state index in [4.69, 9.17) is 0 Å². The van der Waals surface area contributed by atoms with Crippen molar-refractivity contribution < 1.29 is 4.79 Å². The van der Waals surface area contributed by atoms with Crippen LogP contribution in [0.2, 0.25) is 0 Å². The standard InChI is InChI=1S/C25H20N4O/c1-2-17-10-12-19(13-11-17)25(30)26-20-14-15-22-23(16-20)28-29(27-22)24-9-5-7-18-6-3-4-8-21(18)24/h3-16H,2H2,1H3,(H,26,30). The molecule has 5 aromatic rings. The van der Waals surface area contributed by atoms with Gasteiger partial charge in [-0.1, -0.05) is 55.5 Å². The summed E-state index contributed by atoms with van der Waals surface area (Å²) in [6.45, 7) is 2.09. The van der Waals surface area contributed by atoms with Crippen molar-refractivity contribution in [2.75, 3.05) is 5.32 Å². The average Bonchev–Trinajstić information content (AvgIpc) is 3.22. The molecule has 5 nitrogen and oxygen atoms in total. The Hall–Kier alpha value is -3.99. The highest BCUT2D eigenvalue weighted by atomic mass is 16.1. The minimum atomic E-state index is -0.140. The highest BCUT2D eigenvalue weighted by Gasteiger charge is 2.11. The third-order valence-corrected chi connectivity index (χ3v) is 5.24. The molecular weight excluding hydrogens is 372 g/mol. The van der Waals surface area contributed by atoms with Crippen LogP contribution in [0.5, 0.6) is 0 Å². The summed E-state index contributed by atoms with van der Waals surface area (Å²) in [6.07, 6.45) is 0.949. The van der Waals surface area contributed by atoms with Crippen LogP contribution in [0.4, 0.5) is 5.69 Å². The molecular formula is C25H20N4O. The lowest BCUT2D eigenvalue weighted by Gasteiger charge is -2.05. The number of aryl methyl sites for hydroxylation is 1. The van der Waals surface area contributed by atoms with Crippen molar-refractivity contribution in [1.29, 1.82) is 0 Å². The Labute approximate surface area is 174 Å². The maximum Gasteiger partial charge on any atom is 0.255 e. The van der Waals surface area contributed by atoms with E-state index in [1.54, 1.807) is 4.80 Å². The number of amides is 1. The van der Waals surface area contributed by atoms with Crippen molar-refractivity contribution in [3.63, 3.8) is 0 Å². The van der Waals surface area contributed by atoms with E-state index in [0.29, 0.717) is 11.3 Å². The maximum absolute atomic E-state index is 12.6. The van der Waals surface area contributed by atoms with Crippen molar-refractivity contribution in [2.45, 2.75) is 13.3 Å². The molecule has 30 heavy (non-hydrogen) atoms. The number of hydrogen-bond donors (Lipinski definition) is 1. The predicted octanol–water partition coefficient (Wildman–Crippen LogP) is 5.39. The van der Waals surface area contributed by atoms with Crippen LogP contribution in [0.15, 0.2) is 84.9 Å². The second-order valence-corrected chi connectivity index (χ2v) is 7.20. The molecule has 1 heterocycles. The molecule has 0 fully saturated rings. The van der Waals surface area contributed by atoms with Gasteiger partial charge < -0.3 is 5.32 Å². The van der Waals surface area contributed by atoms with E-state index < -0.39 is 0 Å². The third-order valence-electron chi connectivity index (χ3n) is 5.24. The first-order valence-corrected chi connectivity index (χ1v) is 9.97. The number of anilines is 1. The Morgan fingerprint density at radius 2 is 1.63 bits per heavy atom. The zero-order chi connectivity index (χ0) is 20.5. The normalized spacial score (nSPS) is 11.1. The van der Waals surface area contributed by atoms with Crippen LogP contribution in [0.25, 0.3) is 27.5 Å². The first-order chi connectivity index (χ1) is 14.7. The summed E-state index contributed by atoms with van der Waals surface area (Å²) >= 11 is 0. The SMILES string of the molecule is CCc1ccc(C(=O)Nc2ccc3nn(-c4cccc5ccccc45)nc3c2)cc1. The van der Waals surface area contributed by atoms with Crippen LogP contribution in [0.1, 0.15) is 22.8 Å². The first kappa shape index (κ1) is 18.1. The van der Waals surface area contributed by atoms with E-state index in [2.05, 4.69) is 40.6 Å². The molecule has 0 aliphatic carbocycles. The van der Waals surface area contributed by atoms with Crippen molar-refractivity contribution in [3.05, 3.63) is 96.1 Å². The fourth-order valence-corrected chi connectivity index (χ4v) is 3.58. The molecule has 1 aromatic heterocycles. The minimum Gasteiger partial charge on any atom is -0.322 e. The van der Waals surface area contributed by atoms with Gasteiger partial charge in [0.2, 0.25) is 0 Å². The Morgan fingerprint density at radius 1 is 0.867 bits per heavy atom. The molecule has 0 atom stereocenters. The van der Waals surface area contributed by atoms with Crippen molar-refractivity contribution in [3.8, 4) is 5.69 Å². The first-order valence-electron chi connectivity index (χ1n) is 9.97. The molecule has 5 rings (SSSR count). The molecule has 1 amide bonds. The topological polar surface area (TPSA) is 59.8 Å². The monoisotopic (exact) mass is 392 g/mol. The maximum atomic E-state index is 12.6. The number of rotatable bonds is 4. The second kappa shape index (κ2) is 7.44. The van der Waals surface area contributed by atoms with Crippen LogP contribution >= 0.6 is 0 Å². The summed E-state index contributed by atoms with van der Waals surface area (Å²) in [5, 5.41) is 14.4. The van der Waals surface area contributed by atoms with E-state index in [0.717, 1.165) is 33.9 Å². The van der Waals surface area contributed by atoms with Gasteiger partial charge in [-0.3, -0.25) is 4.79 Å². The lowest BCUT2D eigenvalue weighted by Crippen LogP contribution is -2.11. The molecule has 146 valence electrons. The summed E-state index contributed by atoms with van der Waals surface area (Å²) in [7, 11) is 0. The lowest BCUT2D eigenvalue weighted by molar-refractivity contribution is 0.102. The van der Waals surface area contributed by atoms with Gasteiger partial charge in [-0.05, 0) is 53.8 Å². The number of carbonyl (C=O) groups excluding carboxylic acids is 1. The number of fused-ring (bicyclic) bond motifs is 2. The number of nitrogens with one attached hydrogen (secondary N) is 1. The van der Waals surface area contributed by atoms with Gasteiger partial charge in [0.05, 0.1) is 5.69 Å². The smallest absolute Gasteiger partial charge is 0.255 e. The van der Waals surface area contributed by atoms with Crippen LogP contribution in [0.3, 0.4) is 0 Å². The quantitative estimate of drug-likeness (QED) is 0.446. The summed E-state index contributed by atoms with van der Waals surface area (Å²) in [5.74, 6) is -0.140. The van der Waals surface area contributed by atoms with Crippen LogP contribution < -0.4 is 5.32 Å². The van der Waals surface area contributed by atoms with Gasteiger partial charge in [-0.15, -0.1) is 15.0 Å². The van der Waals surface area contributed by atoms with Crippen molar-refractivity contribution >= 4 is 33.4 Å². The Bertz CT molecular complexity index is 1360. The van der Waals surface area contributed by atoms with Gasteiger partial charge >= 0.3 is 0 Å². The Morgan fingerprint density at radius 3 is 2.47 bits per heavy atom. The number of carbonyl (C=O) groups is 1. The second-order valence-electron chi connectivity index (χ2n) is 7.20. The van der Waals surface area contributed by atoms with Gasteiger partial charge in [0.1, 0.15) is 11.0 Å². The molecule has 0 aliphatic heterocycles. The summed E-state index contributed by atoms with van der Waals surface area (Å²) in [6, 6.07) is 27.5. The van der Waals surface area contributed by atoms with Gasteiger partial charge in [-0.25, -0.2) is 0 Å². The highest BCUT2D eigenvalue weighted by Crippen LogP contribution is 2.23. The predicted molar refractivity (Wildman–Crippen MR) is 120 cm³/mol. The van der Waals surface area contributed by atoms with Crippen molar-refractivity contribution in [1.82, 2.24) is 15.0 Å². The molecule has 1 N–H and O–H groups in total. The van der Waals surface area contributed by atoms with E-state index in [1.165, 1.54) is 5.56 Å². The zero-order valence-electron chi connectivity index (χ0n) is 16.5. The van der Waals surface area contributed by atoms with E-state index in [1.807, 2.05) is 66.7 Å². The third kappa shape index (κ3) is 3.31. The fourth-order valence-electron chi connectivity index (χ4n) is 3.58. The largest absolute Gasteiger partial charge is 0.322 e. The highest BCUT2D eigenvalue weighted by molar-refractivity contribution is 6.05. The molecule has 0 aliphatic rings. The minimum absolute atomic E-state index is 0.140. The van der Waals surface area contributed by atoms with Gasteiger partial charge in [0, 0.05) is 16.6 Å². The fraction of sp³-hybridized carbons (Fsp3) is 0.0800. The van der Waals surface area contributed by atoms with Crippen LogP contribution in [-0.4, -0.2) is 20.9 Å². The Balaban J connectivity index is 1.46. The molecule has 0 radical (unpaired) electrons. The number of nitrogens with zero attached hydrogens (tertiary/aromatic N) is 3. The van der Waals surface area contributed by atoms with Gasteiger partial charge in [0.15, 0.2) is 0 Å². The van der Waals surface area contributed by atoms with Gasteiger partial charge in [0.25, 0.3) is 5.91 Å². The molecule has 0 unspecified atom stereocenters. The Kier molecular flexibility index (Phi) is 4.48. The van der Waals surface area contributed by atoms with Crippen LogP contribution in [-0.2, 0) is 6.42 Å². The number of benzene rings is 4. The molecule has 4 aromatic carbocycles. The molecule has 0 saturated heterocycles. The molecule has 0 bridgehead atoms. The molecule has 0 saturated carbocycles. The zero-order valence-corrected chi connectivity index (χ0v) is 16.5. The number of aromatic nitrogens is 3. The number of hydrogen-bond acceptors (Lipinski definition) is 3.